The van der Waals surface area contributed by atoms with Crippen molar-refractivity contribution in [1.29, 1.82) is 5.26 Å². The van der Waals surface area contributed by atoms with Crippen LogP contribution in [0.15, 0.2) is 59.6 Å². The molecule has 0 aliphatic rings. The van der Waals surface area contributed by atoms with Crippen LogP contribution in [-0.2, 0) is 16.6 Å². The second-order valence-electron chi connectivity index (χ2n) is 6.61. The Labute approximate surface area is 170 Å². The molecule has 0 amide bonds. The van der Waals surface area contributed by atoms with Crippen LogP contribution in [0.25, 0.3) is 0 Å². The van der Waals surface area contributed by atoms with E-state index in [2.05, 4.69) is 9.71 Å². The second kappa shape index (κ2) is 8.47. The van der Waals surface area contributed by atoms with E-state index in [9.17, 15) is 8.42 Å². The Bertz CT molecular complexity index is 1150. The molecule has 1 heterocycles. The van der Waals surface area contributed by atoms with Crippen molar-refractivity contribution in [2.75, 3.05) is 0 Å². The molecule has 1 unspecified atom stereocenters. The number of nitrogens with zero attached hydrogens (tertiary/aromatic N) is 3. The van der Waals surface area contributed by atoms with Gasteiger partial charge in [0.2, 0.25) is 10.0 Å². The van der Waals surface area contributed by atoms with Gasteiger partial charge >= 0.3 is 6.01 Å². The highest BCUT2D eigenvalue weighted by atomic mass is 32.2. The van der Waals surface area contributed by atoms with Gasteiger partial charge in [0.1, 0.15) is 5.75 Å². The lowest BCUT2D eigenvalue weighted by Gasteiger charge is -2.17. The van der Waals surface area contributed by atoms with Gasteiger partial charge in [-0.3, -0.25) is 4.57 Å². The number of rotatable bonds is 7. The van der Waals surface area contributed by atoms with Crippen LogP contribution >= 0.6 is 0 Å². The van der Waals surface area contributed by atoms with Gasteiger partial charge in [0.25, 0.3) is 0 Å². The molecule has 2 aromatic carbocycles. The van der Waals surface area contributed by atoms with Gasteiger partial charge < -0.3 is 4.74 Å². The molecule has 0 saturated carbocycles. The largest absolute Gasteiger partial charge is 0.426 e. The summed E-state index contributed by atoms with van der Waals surface area (Å²) < 4.78 is 35.8. The number of ether oxygens (including phenoxy) is 1. The molecule has 150 valence electrons. The van der Waals surface area contributed by atoms with Gasteiger partial charge in [-0.25, -0.2) is 18.1 Å². The molecule has 0 aliphatic carbocycles. The summed E-state index contributed by atoms with van der Waals surface area (Å²) in [5.74, 6) is 0.656. The third-order valence-electron chi connectivity index (χ3n) is 4.45. The summed E-state index contributed by atoms with van der Waals surface area (Å²) in [5, 5.41) is 9.00. The lowest BCUT2D eigenvalue weighted by molar-refractivity contribution is 0.408. The molecule has 3 rings (SSSR count). The molecule has 0 aliphatic heterocycles. The van der Waals surface area contributed by atoms with Crippen molar-refractivity contribution in [3.05, 3.63) is 71.5 Å². The summed E-state index contributed by atoms with van der Waals surface area (Å²) in [4.78, 5) is 4.36. The Kier molecular flexibility index (Phi) is 6.01. The zero-order valence-electron chi connectivity index (χ0n) is 16.5. The number of imidazole rings is 1. The van der Waals surface area contributed by atoms with E-state index in [0.717, 1.165) is 5.56 Å². The Balaban J connectivity index is 1.83. The summed E-state index contributed by atoms with van der Waals surface area (Å²) in [6.07, 6.45) is 1.60. The molecule has 0 bridgehead atoms. The van der Waals surface area contributed by atoms with Crippen LogP contribution in [0.3, 0.4) is 0 Å². The van der Waals surface area contributed by atoms with Gasteiger partial charge in [-0.2, -0.15) is 5.26 Å². The molecule has 0 spiro atoms. The van der Waals surface area contributed by atoms with Gasteiger partial charge in [0.05, 0.1) is 34.5 Å². The number of aromatic nitrogens is 2. The lowest BCUT2D eigenvalue weighted by atomic mass is 10.2. The number of nitriles is 1. The van der Waals surface area contributed by atoms with E-state index in [0.29, 0.717) is 24.0 Å². The van der Waals surface area contributed by atoms with Gasteiger partial charge in [-0.1, -0.05) is 23.8 Å². The van der Waals surface area contributed by atoms with Crippen LogP contribution in [0.1, 0.15) is 36.7 Å². The molecule has 7 nitrogen and oxygen atoms in total. The van der Waals surface area contributed by atoms with E-state index in [1.165, 1.54) is 12.1 Å². The number of hydrogen-bond acceptors (Lipinski definition) is 5. The van der Waals surface area contributed by atoms with Crippen molar-refractivity contribution < 1.29 is 13.2 Å². The first-order chi connectivity index (χ1) is 13.8. The van der Waals surface area contributed by atoms with Gasteiger partial charge in [0, 0.05) is 6.54 Å². The Morgan fingerprint density at radius 2 is 1.97 bits per heavy atom. The van der Waals surface area contributed by atoms with Crippen LogP contribution in [-0.4, -0.2) is 18.0 Å². The molecule has 1 atom stereocenters. The zero-order chi connectivity index (χ0) is 21.0. The fraction of sp³-hybridized carbons (Fsp3) is 0.238. The highest BCUT2D eigenvalue weighted by molar-refractivity contribution is 7.89. The minimum Gasteiger partial charge on any atom is -0.426 e. The molecule has 3 aromatic rings. The molecule has 0 fully saturated rings. The summed E-state index contributed by atoms with van der Waals surface area (Å²) in [7, 11) is -3.80. The predicted octanol–water partition coefficient (Wildman–Crippen LogP) is 3.91. The van der Waals surface area contributed by atoms with Crippen molar-refractivity contribution >= 4 is 10.0 Å². The van der Waals surface area contributed by atoms with Gasteiger partial charge in [-0.05, 0) is 51.1 Å². The third kappa shape index (κ3) is 4.65. The monoisotopic (exact) mass is 410 g/mol. The molecule has 1 aromatic heterocycles. The van der Waals surface area contributed by atoms with E-state index < -0.39 is 16.1 Å². The molecule has 29 heavy (non-hydrogen) atoms. The lowest BCUT2D eigenvalue weighted by Crippen LogP contribution is -2.28. The fourth-order valence-corrected chi connectivity index (χ4v) is 4.18. The first-order valence-electron chi connectivity index (χ1n) is 9.16. The van der Waals surface area contributed by atoms with Crippen LogP contribution in [0.2, 0.25) is 0 Å². The van der Waals surface area contributed by atoms with Crippen LogP contribution in [0.4, 0.5) is 0 Å². The summed E-state index contributed by atoms with van der Waals surface area (Å²) in [6.45, 7) is 6.23. The Hall–Kier alpha value is -3.15. The molecular weight excluding hydrogens is 388 g/mol. The molecular formula is C21H22N4O3S. The number of aryl methyl sites for hydroxylation is 1. The predicted molar refractivity (Wildman–Crippen MR) is 109 cm³/mol. The molecule has 8 heteroatoms. The SMILES string of the molecule is CCn1c(C(C)NS(=O)(=O)c2cccc(C#N)c2)cnc1Oc1ccc(C)cc1. The summed E-state index contributed by atoms with van der Waals surface area (Å²) in [6, 6.07) is 15.3. The van der Waals surface area contributed by atoms with Crippen molar-refractivity contribution in [3.63, 3.8) is 0 Å². The van der Waals surface area contributed by atoms with Gasteiger partial charge in [-0.15, -0.1) is 0 Å². The van der Waals surface area contributed by atoms with E-state index in [4.69, 9.17) is 10.00 Å². The molecule has 0 radical (unpaired) electrons. The second-order valence-corrected chi connectivity index (χ2v) is 8.32. The average molecular weight is 410 g/mol. The topological polar surface area (TPSA) is 97.0 Å². The number of benzene rings is 2. The zero-order valence-corrected chi connectivity index (χ0v) is 17.3. The van der Waals surface area contributed by atoms with Crippen LogP contribution < -0.4 is 9.46 Å². The normalized spacial score (nSPS) is 12.3. The van der Waals surface area contributed by atoms with Crippen molar-refractivity contribution in [2.24, 2.45) is 0 Å². The van der Waals surface area contributed by atoms with E-state index in [1.807, 2.05) is 48.7 Å². The van der Waals surface area contributed by atoms with Crippen molar-refractivity contribution in [3.8, 4) is 17.8 Å². The van der Waals surface area contributed by atoms with Crippen molar-refractivity contribution in [1.82, 2.24) is 14.3 Å². The highest BCUT2D eigenvalue weighted by Gasteiger charge is 2.23. The van der Waals surface area contributed by atoms with E-state index in [-0.39, 0.29) is 10.5 Å². The number of hydrogen-bond donors (Lipinski definition) is 1. The van der Waals surface area contributed by atoms with E-state index in [1.54, 1.807) is 25.3 Å². The van der Waals surface area contributed by atoms with Gasteiger partial charge in [0.15, 0.2) is 0 Å². The molecule has 0 saturated heterocycles. The fourth-order valence-electron chi connectivity index (χ4n) is 2.92. The maximum Gasteiger partial charge on any atom is 0.302 e. The number of sulfonamides is 1. The minimum atomic E-state index is -3.80. The Morgan fingerprint density at radius 3 is 2.62 bits per heavy atom. The van der Waals surface area contributed by atoms with Crippen molar-refractivity contribution in [2.45, 2.75) is 38.3 Å². The standard InChI is InChI=1S/C21H22N4O3S/c1-4-25-20(14-23-21(25)28-18-10-8-15(2)9-11-18)16(3)24-29(26,27)19-7-5-6-17(12-19)13-22/h5-12,14,16,24H,4H2,1-3H3. The molecule has 1 N–H and O–H groups in total. The number of nitrogens with one attached hydrogen (secondary N) is 1. The quantitative estimate of drug-likeness (QED) is 0.637. The van der Waals surface area contributed by atoms with Crippen LogP contribution in [0, 0.1) is 18.3 Å². The first kappa shape index (κ1) is 20.6. The van der Waals surface area contributed by atoms with Crippen LogP contribution in [0.5, 0.6) is 11.8 Å². The third-order valence-corrected chi connectivity index (χ3v) is 5.98. The summed E-state index contributed by atoms with van der Waals surface area (Å²) >= 11 is 0. The summed E-state index contributed by atoms with van der Waals surface area (Å²) in [5.41, 5.74) is 2.09. The maximum atomic E-state index is 12.7. The average Bonchev–Trinajstić information content (AvgIpc) is 3.12. The Morgan fingerprint density at radius 1 is 1.24 bits per heavy atom. The minimum absolute atomic E-state index is 0.0436. The first-order valence-corrected chi connectivity index (χ1v) is 10.6. The highest BCUT2D eigenvalue weighted by Crippen LogP contribution is 2.26. The maximum absolute atomic E-state index is 12.7. The van der Waals surface area contributed by atoms with E-state index >= 15 is 0 Å². The smallest absolute Gasteiger partial charge is 0.302 e.